The van der Waals surface area contributed by atoms with Gasteiger partial charge in [-0.05, 0) is 61.2 Å². The average molecular weight is 322 g/mol. The number of halogens is 2. The number of benzene rings is 2. The van der Waals surface area contributed by atoms with Crippen molar-refractivity contribution in [2.24, 2.45) is 5.73 Å². The summed E-state index contributed by atoms with van der Waals surface area (Å²) in [5.41, 5.74) is 11.7. The minimum absolute atomic E-state index is 0.276. The minimum Gasteiger partial charge on any atom is -0.320 e. The van der Waals surface area contributed by atoms with E-state index in [0.717, 1.165) is 22.3 Å². The quantitative estimate of drug-likeness (QED) is 0.862. The van der Waals surface area contributed by atoms with Gasteiger partial charge in [0.05, 0.1) is 6.04 Å². The first kappa shape index (κ1) is 14.2. The molecule has 0 radical (unpaired) electrons. The van der Waals surface area contributed by atoms with E-state index in [0.29, 0.717) is 4.47 Å². The van der Waals surface area contributed by atoms with Crippen LogP contribution >= 0.6 is 15.9 Å². The first-order valence-corrected chi connectivity index (χ1v) is 6.97. The largest absolute Gasteiger partial charge is 0.320 e. The smallest absolute Gasteiger partial charge is 0.124 e. The van der Waals surface area contributed by atoms with Crippen molar-refractivity contribution >= 4 is 15.9 Å². The van der Waals surface area contributed by atoms with Crippen LogP contribution in [0, 0.1) is 26.6 Å². The summed E-state index contributed by atoms with van der Waals surface area (Å²) in [6, 6.07) is 8.70. The number of nitrogens with two attached hydrogens (primary N) is 1. The molecule has 0 saturated carbocycles. The lowest BCUT2D eigenvalue weighted by Gasteiger charge is -2.19. The molecule has 1 nitrogen and oxygen atoms in total. The van der Waals surface area contributed by atoms with Crippen LogP contribution in [0.25, 0.3) is 0 Å². The predicted molar refractivity (Wildman–Crippen MR) is 80.8 cm³/mol. The molecule has 19 heavy (non-hydrogen) atoms. The first-order chi connectivity index (χ1) is 8.88. The summed E-state index contributed by atoms with van der Waals surface area (Å²) in [6.45, 7) is 6.15. The van der Waals surface area contributed by atoms with Gasteiger partial charge in [-0.3, -0.25) is 0 Å². The molecule has 3 heteroatoms. The van der Waals surface area contributed by atoms with Crippen molar-refractivity contribution in [2.45, 2.75) is 26.8 Å². The van der Waals surface area contributed by atoms with Crippen molar-refractivity contribution in [3.8, 4) is 0 Å². The molecule has 2 aromatic rings. The van der Waals surface area contributed by atoms with Gasteiger partial charge in [0.1, 0.15) is 5.82 Å². The second-order valence-corrected chi connectivity index (χ2v) is 5.91. The van der Waals surface area contributed by atoms with Crippen LogP contribution in [0.3, 0.4) is 0 Å². The van der Waals surface area contributed by atoms with Gasteiger partial charge in [-0.25, -0.2) is 4.39 Å². The van der Waals surface area contributed by atoms with Gasteiger partial charge in [0.2, 0.25) is 0 Å². The molecule has 2 aromatic carbocycles. The third-order valence-electron chi connectivity index (χ3n) is 3.29. The van der Waals surface area contributed by atoms with Crippen LogP contribution < -0.4 is 5.73 Å². The van der Waals surface area contributed by atoms with E-state index in [9.17, 15) is 4.39 Å². The number of aryl methyl sites for hydroxylation is 3. The molecule has 0 bridgehead atoms. The van der Waals surface area contributed by atoms with Crippen LogP contribution in [0.5, 0.6) is 0 Å². The molecule has 1 atom stereocenters. The van der Waals surface area contributed by atoms with Gasteiger partial charge in [-0.2, -0.15) is 0 Å². The summed E-state index contributed by atoms with van der Waals surface area (Å²) in [5, 5.41) is 0. The van der Waals surface area contributed by atoms with E-state index in [1.165, 1.54) is 17.7 Å². The second-order valence-electron chi connectivity index (χ2n) is 4.99. The Labute approximate surface area is 121 Å². The average Bonchev–Trinajstić information content (AvgIpc) is 2.25. The van der Waals surface area contributed by atoms with Crippen LogP contribution in [0.15, 0.2) is 34.8 Å². The maximum atomic E-state index is 13.5. The van der Waals surface area contributed by atoms with Gasteiger partial charge < -0.3 is 5.73 Å². The maximum Gasteiger partial charge on any atom is 0.124 e. The number of hydrogen-bond acceptors (Lipinski definition) is 1. The fourth-order valence-corrected chi connectivity index (χ4v) is 3.09. The zero-order valence-corrected chi connectivity index (χ0v) is 12.9. The highest BCUT2D eigenvalue weighted by atomic mass is 79.9. The van der Waals surface area contributed by atoms with Crippen LogP contribution in [-0.2, 0) is 0 Å². The van der Waals surface area contributed by atoms with E-state index in [1.807, 2.05) is 19.9 Å². The molecule has 2 N–H and O–H groups in total. The Bertz CT molecular complexity index is 579. The van der Waals surface area contributed by atoms with Crippen molar-refractivity contribution in [1.82, 2.24) is 0 Å². The molecule has 0 spiro atoms. The van der Waals surface area contributed by atoms with Gasteiger partial charge in [-0.1, -0.05) is 33.6 Å². The molecular formula is C16H17BrFN. The highest BCUT2D eigenvalue weighted by Crippen LogP contribution is 2.29. The number of hydrogen-bond donors (Lipinski definition) is 1. The second kappa shape index (κ2) is 5.43. The highest BCUT2D eigenvalue weighted by molar-refractivity contribution is 9.10. The van der Waals surface area contributed by atoms with E-state index < -0.39 is 0 Å². The lowest BCUT2D eigenvalue weighted by atomic mass is 9.90. The van der Waals surface area contributed by atoms with Crippen molar-refractivity contribution in [3.05, 3.63) is 68.4 Å². The van der Waals surface area contributed by atoms with Crippen molar-refractivity contribution < 1.29 is 4.39 Å². The lowest BCUT2D eigenvalue weighted by Crippen LogP contribution is -2.15. The maximum absolute atomic E-state index is 13.5. The summed E-state index contributed by atoms with van der Waals surface area (Å²) in [6.07, 6.45) is 0. The lowest BCUT2D eigenvalue weighted by molar-refractivity contribution is 0.622. The van der Waals surface area contributed by atoms with E-state index >= 15 is 0 Å². The molecule has 0 aromatic heterocycles. The van der Waals surface area contributed by atoms with E-state index in [-0.39, 0.29) is 11.9 Å². The molecule has 2 rings (SSSR count). The van der Waals surface area contributed by atoms with Gasteiger partial charge in [-0.15, -0.1) is 0 Å². The Hall–Kier alpha value is -1.19. The summed E-state index contributed by atoms with van der Waals surface area (Å²) in [4.78, 5) is 0. The SMILES string of the molecule is Cc1cc(C)c(C(N)c2cc(F)cc(Br)c2)c(C)c1. The van der Waals surface area contributed by atoms with Crippen LogP contribution in [0.1, 0.15) is 33.9 Å². The summed E-state index contributed by atoms with van der Waals surface area (Å²) >= 11 is 3.31. The molecule has 0 aliphatic carbocycles. The summed E-state index contributed by atoms with van der Waals surface area (Å²) in [7, 11) is 0. The molecule has 0 fully saturated rings. The topological polar surface area (TPSA) is 26.0 Å². The molecule has 1 unspecified atom stereocenters. The first-order valence-electron chi connectivity index (χ1n) is 6.18. The minimum atomic E-state index is -0.312. The summed E-state index contributed by atoms with van der Waals surface area (Å²) < 4.78 is 14.2. The van der Waals surface area contributed by atoms with Crippen LogP contribution in [0.2, 0.25) is 0 Å². The third kappa shape index (κ3) is 3.04. The fourth-order valence-electron chi connectivity index (χ4n) is 2.60. The Morgan fingerprint density at radius 2 is 1.58 bits per heavy atom. The van der Waals surface area contributed by atoms with Crippen molar-refractivity contribution in [1.29, 1.82) is 0 Å². The number of rotatable bonds is 2. The van der Waals surface area contributed by atoms with Gasteiger partial charge in [0, 0.05) is 4.47 Å². The zero-order valence-electron chi connectivity index (χ0n) is 11.3. The highest BCUT2D eigenvalue weighted by Gasteiger charge is 2.15. The van der Waals surface area contributed by atoms with E-state index in [4.69, 9.17) is 5.73 Å². The van der Waals surface area contributed by atoms with Crippen LogP contribution in [0.4, 0.5) is 4.39 Å². The molecule has 0 aliphatic rings. The van der Waals surface area contributed by atoms with Crippen molar-refractivity contribution in [3.63, 3.8) is 0 Å². The normalized spacial score (nSPS) is 12.5. The predicted octanol–water partition coefficient (Wildman–Crippen LogP) is 4.56. The standard InChI is InChI=1S/C16H17BrFN/c1-9-4-10(2)15(11(3)5-9)16(19)12-6-13(17)8-14(18)7-12/h4-8,16H,19H2,1-3H3. The molecule has 0 amide bonds. The Morgan fingerprint density at radius 3 is 2.11 bits per heavy atom. The molecule has 0 aliphatic heterocycles. The Kier molecular flexibility index (Phi) is 4.07. The zero-order chi connectivity index (χ0) is 14.2. The molecule has 100 valence electrons. The van der Waals surface area contributed by atoms with Crippen LogP contribution in [-0.4, -0.2) is 0 Å². The van der Waals surface area contributed by atoms with Crippen molar-refractivity contribution in [2.75, 3.05) is 0 Å². The Balaban J connectivity index is 2.52. The van der Waals surface area contributed by atoms with E-state index in [1.54, 1.807) is 0 Å². The van der Waals surface area contributed by atoms with Gasteiger partial charge in [0.15, 0.2) is 0 Å². The molecule has 0 saturated heterocycles. The molecular weight excluding hydrogens is 305 g/mol. The van der Waals surface area contributed by atoms with Gasteiger partial charge in [0.25, 0.3) is 0 Å². The summed E-state index contributed by atoms with van der Waals surface area (Å²) in [5.74, 6) is -0.276. The van der Waals surface area contributed by atoms with E-state index in [2.05, 4.69) is 35.0 Å². The Morgan fingerprint density at radius 1 is 1.00 bits per heavy atom. The monoisotopic (exact) mass is 321 g/mol. The third-order valence-corrected chi connectivity index (χ3v) is 3.75. The fraction of sp³-hybridized carbons (Fsp3) is 0.250. The molecule has 0 heterocycles. The van der Waals surface area contributed by atoms with Gasteiger partial charge >= 0.3 is 0 Å².